The summed E-state index contributed by atoms with van der Waals surface area (Å²) in [5.74, 6) is -0.843. The normalized spacial score (nSPS) is 17.8. The second-order valence-electron chi connectivity index (χ2n) is 3.41. The summed E-state index contributed by atoms with van der Waals surface area (Å²) in [6.45, 7) is 2.30. The minimum absolute atomic E-state index is 0.157. The van der Waals surface area contributed by atoms with Gasteiger partial charge in [-0.25, -0.2) is 0 Å². The van der Waals surface area contributed by atoms with E-state index in [1.54, 1.807) is 0 Å². The Labute approximate surface area is 77.8 Å². The lowest BCUT2D eigenvalue weighted by molar-refractivity contribution is -0.147. The number of unbranched alkanes of at least 4 members (excludes halogenated alkanes) is 2. The van der Waals surface area contributed by atoms with Gasteiger partial charge in [0.15, 0.2) is 0 Å². The van der Waals surface area contributed by atoms with E-state index in [-0.39, 0.29) is 5.92 Å². The number of carboxylic acids is 1. The summed E-state index contributed by atoms with van der Waals surface area (Å²) in [6.07, 6.45) is 2.53. The predicted octanol–water partition coefficient (Wildman–Crippen LogP) is 0.697. The van der Waals surface area contributed by atoms with Crippen LogP contribution in [0.2, 0.25) is 0 Å². The first-order valence-electron chi connectivity index (χ1n) is 4.56. The lowest BCUT2D eigenvalue weighted by Crippen LogP contribution is -2.50. The van der Waals surface area contributed by atoms with Crippen LogP contribution in [-0.2, 0) is 4.79 Å². The molecule has 0 bridgehead atoms. The van der Waals surface area contributed by atoms with Crippen LogP contribution in [0.4, 0.5) is 0 Å². The van der Waals surface area contributed by atoms with E-state index in [9.17, 15) is 4.79 Å². The molecule has 1 aliphatic rings. The van der Waals surface area contributed by atoms with Crippen LogP contribution in [0.15, 0.2) is 0 Å². The molecule has 4 heteroatoms. The Hall–Kier alpha value is -1.08. The summed E-state index contributed by atoms with van der Waals surface area (Å²) in [6, 6.07) is 2.09. The van der Waals surface area contributed by atoms with E-state index in [0.29, 0.717) is 19.5 Å². The first-order valence-corrected chi connectivity index (χ1v) is 4.56. The molecule has 1 fully saturated rings. The molecule has 0 saturated carbocycles. The van der Waals surface area contributed by atoms with Gasteiger partial charge in [-0.05, 0) is 19.4 Å². The van der Waals surface area contributed by atoms with E-state index < -0.39 is 5.97 Å². The first kappa shape index (κ1) is 10.0. The Morgan fingerprint density at radius 2 is 2.23 bits per heavy atom. The van der Waals surface area contributed by atoms with Gasteiger partial charge in [-0.15, -0.1) is 0 Å². The quantitative estimate of drug-likeness (QED) is 0.635. The van der Waals surface area contributed by atoms with Gasteiger partial charge in [0.05, 0.1) is 12.0 Å². The van der Waals surface area contributed by atoms with E-state index >= 15 is 0 Å². The van der Waals surface area contributed by atoms with Gasteiger partial charge < -0.3 is 10.0 Å². The summed E-state index contributed by atoms with van der Waals surface area (Å²) in [5, 5.41) is 16.9. The molecule has 0 amide bonds. The van der Waals surface area contributed by atoms with Gasteiger partial charge >= 0.3 is 5.97 Å². The topological polar surface area (TPSA) is 64.3 Å². The largest absolute Gasteiger partial charge is 0.481 e. The molecule has 4 nitrogen and oxygen atoms in total. The Morgan fingerprint density at radius 3 is 2.77 bits per heavy atom. The summed E-state index contributed by atoms with van der Waals surface area (Å²) in [5.41, 5.74) is 0. The average molecular weight is 182 g/mol. The van der Waals surface area contributed by atoms with Crippen molar-refractivity contribution >= 4 is 5.97 Å². The van der Waals surface area contributed by atoms with Crippen molar-refractivity contribution in [3.05, 3.63) is 0 Å². The highest BCUT2D eigenvalue weighted by molar-refractivity contribution is 5.71. The third kappa shape index (κ3) is 3.03. The fourth-order valence-corrected chi connectivity index (χ4v) is 1.45. The zero-order chi connectivity index (χ0) is 9.68. The van der Waals surface area contributed by atoms with Crippen molar-refractivity contribution in [1.82, 2.24) is 4.90 Å². The van der Waals surface area contributed by atoms with Crippen LogP contribution in [0.5, 0.6) is 0 Å². The van der Waals surface area contributed by atoms with Crippen molar-refractivity contribution in [3.8, 4) is 6.07 Å². The molecule has 0 aromatic heterocycles. The predicted molar refractivity (Wildman–Crippen MR) is 47.0 cm³/mol. The van der Waals surface area contributed by atoms with Gasteiger partial charge in [0, 0.05) is 19.5 Å². The van der Waals surface area contributed by atoms with Crippen LogP contribution < -0.4 is 0 Å². The molecular weight excluding hydrogens is 168 g/mol. The summed E-state index contributed by atoms with van der Waals surface area (Å²) in [7, 11) is 0. The van der Waals surface area contributed by atoms with Crippen LogP contribution >= 0.6 is 0 Å². The molecule has 1 heterocycles. The van der Waals surface area contributed by atoms with Crippen molar-refractivity contribution in [1.29, 1.82) is 5.26 Å². The molecule has 72 valence electrons. The van der Waals surface area contributed by atoms with Gasteiger partial charge in [-0.3, -0.25) is 4.79 Å². The van der Waals surface area contributed by atoms with Crippen molar-refractivity contribution in [3.63, 3.8) is 0 Å². The van der Waals surface area contributed by atoms with Crippen LogP contribution in [0.1, 0.15) is 19.3 Å². The molecule has 0 spiro atoms. The number of carboxylic acid groups (broad SMARTS) is 1. The van der Waals surface area contributed by atoms with Crippen LogP contribution in [0.3, 0.4) is 0 Å². The molecule has 0 aliphatic carbocycles. The van der Waals surface area contributed by atoms with Crippen molar-refractivity contribution in [2.24, 2.45) is 5.92 Å². The van der Waals surface area contributed by atoms with E-state index in [2.05, 4.69) is 11.0 Å². The van der Waals surface area contributed by atoms with Gasteiger partial charge in [0.1, 0.15) is 0 Å². The lowest BCUT2D eigenvalue weighted by Gasteiger charge is -2.36. The third-order valence-electron chi connectivity index (χ3n) is 2.32. The monoisotopic (exact) mass is 182 g/mol. The number of hydrogen-bond donors (Lipinski definition) is 1. The van der Waals surface area contributed by atoms with E-state index in [1.807, 2.05) is 0 Å². The van der Waals surface area contributed by atoms with Crippen LogP contribution in [0, 0.1) is 17.2 Å². The lowest BCUT2D eigenvalue weighted by atomic mass is 10.0. The van der Waals surface area contributed by atoms with E-state index in [4.69, 9.17) is 10.4 Å². The van der Waals surface area contributed by atoms with Gasteiger partial charge in [-0.1, -0.05) is 0 Å². The molecule has 0 unspecified atom stereocenters. The second kappa shape index (κ2) is 4.83. The molecule has 0 atom stereocenters. The average Bonchev–Trinajstić information content (AvgIpc) is 2.00. The van der Waals surface area contributed by atoms with Crippen molar-refractivity contribution < 1.29 is 9.90 Å². The number of likely N-dealkylation sites (tertiary alicyclic amines) is 1. The second-order valence-corrected chi connectivity index (χ2v) is 3.41. The Morgan fingerprint density at radius 1 is 1.54 bits per heavy atom. The Bertz CT molecular complexity index is 216. The minimum atomic E-state index is -0.687. The number of nitriles is 1. The SMILES string of the molecule is N#CCCCCN1CC(C(=O)O)C1. The Balaban J connectivity index is 1.96. The van der Waals surface area contributed by atoms with Crippen LogP contribution in [0.25, 0.3) is 0 Å². The van der Waals surface area contributed by atoms with Gasteiger partial charge in [0.25, 0.3) is 0 Å². The minimum Gasteiger partial charge on any atom is -0.481 e. The summed E-state index contributed by atoms with van der Waals surface area (Å²) in [4.78, 5) is 12.6. The fourth-order valence-electron chi connectivity index (χ4n) is 1.45. The maximum Gasteiger partial charge on any atom is 0.309 e. The van der Waals surface area contributed by atoms with Crippen molar-refractivity contribution in [2.45, 2.75) is 19.3 Å². The first-order chi connectivity index (χ1) is 6.24. The number of carbonyl (C=O) groups is 1. The highest BCUT2D eigenvalue weighted by atomic mass is 16.4. The zero-order valence-corrected chi connectivity index (χ0v) is 7.57. The fraction of sp³-hybridized carbons (Fsp3) is 0.778. The smallest absolute Gasteiger partial charge is 0.309 e. The molecule has 1 aliphatic heterocycles. The molecular formula is C9H14N2O2. The summed E-state index contributed by atoms with van der Waals surface area (Å²) < 4.78 is 0. The van der Waals surface area contributed by atoms with Gasteiger partial charge in [0.2, 0.25) is 0 Å². The van der Waals surface area contributed by atoms with Crippen LogP contribution in [-0.4, -0.2) is 35.6 Å². The Kier molecular flexibility index (Phi) is 3.71. The standard InChI is InChI=1S/C9H14N2O2/c10-4-2-1-3-5-11-6-8(7-11)9(12)13/h8H,1-3,5-7H2,(H,12,13). The zero-order valence-electron chi connectivity index (χ0n) is 7.57. The molecule has 1 rings (SSSR count). The molecule has 0 aromatic rings. The van der Waals surface area contributed by atoms with Crippen molar-refractivity contribution in [2.75, 3.05) is 19.6 Å². The number of hydrogen-bond acceptors (Lipinski definition) is 3. The van der Waals surface area contributed by atoms with E-state index in [0.717, 1.165) is 19.4 Å². The third-order valence-corrected chi connectivity index (χ3v) is 2.32. The summed E-state index contributed by atoms with van der Waals surface area (Å²) >= 11 is 0. The number of aliphatic carboxylic acids is 1. The number of nitrogens with zero attached hydrogens (tertiary/aromatic N) is 2. The molecule has 1 saturated heterocycles. The maximum absolute atomic E-state index is 10.4. The molecule has 1 N–H and O–H groups in total. The van der Waals surface area contributed by atoms with Gasteiger partial charge in [-0.2, -0.15) is 5.26 Å². The molecule has 0 aromatic carbocycles. The highest BCUT2D eigenvalue weighted by Gasteiger charge is 2.31. The maximum atomic E-state index is 10.4. The highest BCUT2D eigenvalue weighted by Crippen LogP contribution is 2.15. The molecule has 13 heavy (non-hydrogen) atoms. The van der Waals surface area contributed by atoms with E-state index in [1.165, 1.54) is 0 Å². The molecule has 0 radical (unpaired) electrons. The number of rotatable bonds is 5.